The van der Waals surface area contributed by atoms with E-state index < -0.39 is 0 Å². The Morgan fingerprint density at radius 3 is 2.50 bits per heavy atom. The Hall–Kier alpha value is -0.120. The molecule has 0 aromatic heterocycles. The third-order valence-electron chi connectivity index (χ3n) is 3.22. The molecule has 0 atom stereocenters. The lowest BCUT2D eigenvalue weighted by atomic mass is 9.67. The molecule has 1 aliphatic rings. The van der Waals surface area contributed by atoms with Gasteiger partial charge in [0, 0.05) is 4.43 Å². The Bertz CT molecular complexity index is 312. The Morgan fingerprint density at radius 2 is 2.00 bits per heavy atom. The van der Waals surface area contributed by atoms with Crippen molar-refractivity contribution < 1.29 is 4.39 Å². The van der Waals surface area contributed by atoms with E-state index in [4.69, 9.17) is 0 Å². The standard InChI is InChI=1S/C12H14FI/c13-11-5-2-1-4-10(11)8-12(9-14)6-3-7-12/h1-2,4-5H,3,6-9H2. The lowest BCUT2D eigenvalue weighted by Crippen LogP contribution is -2.33. The highest BCUT2D eigenvalue weighted by atomic mass is 127. The molecule has 1 aromatic rings. The second-order valence-electron chi connectivity index (χ2n) is 4.26. The SMILES string of the molecule is Fc1ccccc1CC1(CI)CCC1. The highest BCUT2D eigenvalue weighted by Crippen LogP contribution is 2.45. The van der Waals surface area contributed by atoms with Gasteiger partial charge in [-0.2, -0.15) is 0 Å². The van der Waals surface area contributed by atoms with Gasteiger partial charge in [-0.3, -0.25) is 0 Å². The van der Waals surface area contributed by atoms with E-state index in [0.717, 1.165) is 16.4 Å². The Labute approximate surface area is 98.0 Å². The van der Waals surface area contributed by atoms with E-state index >= 15 is 0 Å². The highest BCUT2D eigenvalue weighted by molar-refractivity contribution is 14.1. The molecule has 2 rings (SSSR count). The molecule has 0 spiro atoms. The number of halogens is 2. The van der Waals surface area contributed by atoms with Crippen LogP contribution >= 0.6 is 22.6 Å². The van der Waals surface area contributed by atoms with Gasteiger partial charge in [0.05, 0.1) is 0 Å². The Kier molecular flexibility index (Phi) is 3.10. The largest absolute Gasteiger partial charge is 0.207 e. The van der Waals surface area contributed by atoms with Crippen LogP contribution in [0.3, 0.4) is 0 Å². The summed E-state index contributed by atoms with van der Waals surface area (Å²) < 4.78 is 14.6. The second-order valence-corrected chi connectivity index (χ2v) is 5.02. The third-order valence-corrected chi connectivity index (χ3v) is 4.84. The average molecular weight is 304 g/mol. The number of rotatable bonds is 3. The van der Waals surface area contributed by atoms with Crippen molar-refractivity contribution in [2.45, 2.75) is 25.7 Å². The maximum Gasteiger partial charge on any atom is 0.126 e. The van der Waals surface area contributed by atoms with Crippen LogP contribution in [0.4, 0.5) is 4.39 Å². The summed E-state index contributed by atoms with van der Waals surface area (Å²) in [6.07, 6.45) is 4.77. The minimum absolute atomic E-state index is 0.0383. The predicted molar refractivity (Wildman–Crippen MR) is 65.3 cm³/mol. The fraction of sp³-hybridized carbons (Fsp3) is 0.500. The predicted octanol–water partition coefficient (Wildman–Crippen LogP) is 3.97. The van der Waals surface area contributed by atoms with Crippen LogP contribution in [0.15, 0.2) is 24.3 Å². The third kappa shape index (κ3) is 1.95. The molecule has 14 heavy (non-hydrogen) atoms. The summed E-state index contributed by atoms with van der Waals surface area (Å²) in [4.78, 5) is 0. The number of hydrogen-bond acceptors (Lipinski definition) is 0. The van der Waals surface area contributed by atoms with Crippen molar-refractivity contribution in [1.29, 1.82) is 0 Å². The van der Waals surface area contributed by atoms with Gasteiger partial charge < -0.3 is 0 Å². The zero-order valence-corrected chi connectivity index (χ0v) is 10.3. The first kappa shape index (κ1) is 10.4. The fourth-order valence-corrected chi connectivity index (χ4v) is 3.11. The molecule has 0 amide bonds. The summed E-state index contributed by atoms with van der Waals surface area (Å²) >= 11 is 2.43. The lowest BCUT2D eigenvalue weighted by Gasteiger charge is -2.40. The van der Waals surface area contributed by atoms with E-state index in [-0.39, 0.29) is 5.82 Å². The molecule has 2 heteroatoms. The number of benzene rings is 1. The van der Waals surface area contributed by atoms with Crippen molar-refractivity contribution in [3.8, 4) is 0 Å². The molecule has 1 aromatic carbocycles. The molecule has 76 valence electrons. The summed E-state index contributed by atoms with van der Waals surface area (Å²) in [7, 11) is 0. The highest BCUT2D eigenvalue weighted by Gasteiger charge is 2.36. The van der Waals surface area contributed by atoms with E-state index in [9.17, 15) is 4.39 Å². The molecule has 0 radical (unpaired) electrons. The Balaban J connectivity index is 2.13. The van der Waals surface area contributed by atoms with Gasteiger partial charge in [-0.15, -0.1) is 0 Å². The number of alkyl halides is 1. The summed E-state index contributed by atoms with van der Waals surface area (Å²) in [5, 5.41) is 0. The normalized spacial score (nSPS) is 19.0. The summed E-state index contributed by atoms with van der Waals surface area (Å²) in [6, 6.07) is 7.17. The molecular formula is C12H14FI. The molecule has 1 fully saturated rings. The van der Waals surface area contributed by atoms with Crippen molar-refractivity contribution in [3.63, 3.8) is 0 Å². The second kappa shape index (κ2) is 4.17. The summed E-state index contributed by atoms with van der Waals surface area (Å²) in [5.74, 6) is -0.0383. The van der Waals surface area contributed by atoms with E-state index in [2.05, 4.69) is 22.6 Å². The van der Waals surface area contributed by atoms with Crippen LogP contribution in [0.1, 0.15) is 24.8 Å². The molecule has 0 nitrogen and oxygen atoms in total. The van der Waals surface area contributed by atoms with Crippen molar-refractivity contribution in [3.05, 3.63) is 35.6 Å². The summed E-state index contributed by atoms with van der Waals surface area (Å²) in [6.45, 7) is 0. The van der Waals surface area contributed by atoms with Gasteiger partial charge >= 0.3 is 0 Å². The van der Waals surface area contributed by atoms with E-state index in [0.29, 0.717) is 5.41 Å². The van der Waals surface area contributed by atoms with Gasteiger partial charge in [-0.05, 0) is 36.3 Å². The van der Waals surface area contributed by atoms with Crippen LogP contribution in [-0.2, 0) is 6.42 Å². The van der Waals surface area contributed by atoms with Crippen molar-refractivity contribution >= 4 is 22.6 Å². The first-order valence-corrected chi connectivity index (χ1v) is 6.58. The zero-order chi connectivity index (χ0) is 10.0. The molecule has 0 saturated heterocycles. The minimum Gasteiger partial charge on any atom is -0.207 e. The molecule has 0 heterocycles. The Morgan fingerprint density at radius 1 is 1.29 bits per heavy atom. The lowest BCUT2D eigenvalue weighted by molar-refractivity contribution is 0.170. The molecule has 1 saturated carbocycles. The number of hydrogen-bond donors (Lipinski definition) is 0. The van der Waals surface area contributed by atoms with Crippen LogP contribution < -0.4 is 0 Å². The van der Waals surface area contributed by atoms with Gasteiger partial charge in [-0.1, -0.05) is 47.2 Å². The maximum atomic E-state index is 13.4. The van der Waals surface area contributed by atoms with Gasteiger partial charge in [0.25, 0.3) is 0 Å². The van der Waals surface area contributed by atoms with Crippen molar-refractivity contribution in [2.24, 2.45) is 5.41 Å². The van der Waals surface area contributed by atoms with Crippen molar-refractivity contribution in [1.82, 2.24) is 0 Å². The van der Waals surface area contributed by atoms with Crippen LogP contribution in [-0.4, -0.2) is 4.43 Å². The molecule has 1 aliphatic carbocycles. The first-order chi connectivity index (χ1) is 6.76. The zero-order valence-electron chi connectivity index (χ0n) is 8.10. The van der Waals surface area contributed by atoms with Gasteiger partial charge in [0.1, 0.15) is 5.82 Å². The quantitative estimate of drug-likeness (QED) is 0.585. The van der Waals surface area contributed by atoms with Crippen LogP contribution in [0.2, 0.25) is 0 Å². The van der Waals surface area contributed by atoms with Crippen LogP contribution in [0, 0.1) is 11.2 Å². The molecular weight excluding hydrogens is 290 g/mol. The van der Waals surface area contributed by atoms with Crippen molar-refractivity contribution in [2.75, 3.05) is 4.43 Å². The van der Waals surface area contributed by atoms with Gasteiger partial charge in [-0.25, -0.2) is 4.39 Å². The average Bonchev–Trinajstić information content (AvgIpc) is 2.14. The first-order valence-electron chi connectivity index (χ1n) is 5.05. The minimum atomic E-state index is -0.0383. The molecule has 0 N–H and O–H groups in total. The van der Waals surface area contributed by atoms with Crippen LogP contribution in [0.25, 0.3) is 0 Å². The fourth-order valence-electron chi connectivity index (χ4n) is 2.08. The molecule has 0 bridgehead atoms. The van der Waals surface area contributed by atoms with E-state index in [1.807, 2.05) is 12.1 Å². The van der Waals surface area contributed by atoms with Gasteiger partial charge in [0.15, 0.2) is 0 Å². The summed E-state index contributed by atoms with van der Waals surface area (Å²) in [5.41, 5.74) is 1.30. The molecule has 0 aliphatic heterocycles. The van der Waals surface area contributed by atoms with E-state index in [1.165, 1.54) is 19.3 Å². The smallest absolute Gasteiger partial charge is 0.126 e. The monoisotopic (exact) mass is 304 g/mol. The van der Waals surface area contributed by atoms with Gasteiger partial charge in [0.2, 0.25) is 0 Å². The topological polar surface area (TPSA) is 0 Å². The van der Waals surface area contributed by atoms with Crippen LogP contribution in [0.5, 0.6) is 0 Å². The maximum absolute atomic E-state index is 13.4. The molecule has 0 unspecified atom stereocenters. The van der Waals surface area contributed by atoms with E-state index in [1.54, 1.807) is 12.1 Å².